The third-order valence-electron chi connectivity index (χ3n) is 2.87. The van der Waals surface area contributed by atoms with Crippen LogP contribution in [0.5, 0.6) is 0 Å². The Kier molecular flexibility index (Phi) is 5.74. The zero-order valence-electron chi connectivity index (χ0n) is 10.6. The highest BCUT2D eigenvalue weighted by atomic mass is 35.5. The fourth-order valence-corrected chi connectivity index (χ4v) is 2.33. The summed E-state index contributed by atoms with van der Waals surface area (Å²) in [5.74, 6) is 0.409. The molecule has 0 heterocycles. The van der Waals surface area contributed by atoms with Crippen molar-refractivity contribution in [1.82, 2.24) is 5.32 Å². The van der Waals surface area contributed by atoms with E-state index in [2.05, 4.69) is 19.2 Å². The molecule has 2 atom stereocenters. The quantitative estimate of drug-likeness (QED) is 0.880. The van der Waals surface area contributed by atoms with Crippen molar-refractivity contribution in [1.29, 1.82) is 0 Å². The second-order valence-electron chi connectivity index (χ2n) is 4.38. The van der Waals surface area contributed by atoms with Crippen molar-refractivity contribution in [3.05, 3.63) is 33.8 Å². The summed E-state index contributed by atoms with van der Waals surface area (Å²) in [7, 11) is 3.65. The van der Waals surface area contributed by atoms with E-state index in [0.29, 0.717) is 16.0 Å². The van der Waals surface area contributed by atoms with Gasteiger partial charge < -0.3 is 10.1 Å². The molecular formula is C13H19Cl2NO. The minimum atomic E-state index is 0.0947. The molecule has 2 nitrogen and oxygen atoms in total. The van der Waals surface area contributed by atoms with E-state index < -0.39 is 0 Å². The molecule has 0 spiro atoms. The smallest absolute Gasteiger partial charge is 0.0788 e. The van der Waals surface area contributed by atoms with Crippen LogP contribution in [0.4, 0.5) is 0 Å². The first-order valence-corrected chi connectivity index (χ1v) is 6.41. The molecular weight excluding hydrogens is 257 g/mol. The number of rotatable bonds is 5. The van der Waals surface area contributed by atoms with E-state index in [9.17, 15) is 0 Å². The molecule has 0 bridgehead atoms. The van der Waals surface area contributed by atoms with Gasteiger partial charge in [0.15, 0.2) is 0 Å². The Morgan fingerprint density at radius 2 is 1.82 bits per heavy atom. The summed E-state index contributed by atoms with van der Waals surface area (Å²) in [4.78, 5) is 0. The molecule has 4 heteroatoms. The molecule has 0 saturated heterocycles. The first-order chi connectivity index (χ1) is 8.01. The molecule has 0 aromatic heterocycles. The Labute approximate surface area is 113 Å². The topological polar surface area (TPSA) is 21.3 Å². The zero-order valence-corrected chi connectivity index (χ0v) is 12.1. The van der Waals surface area contributed by atoms with E-state index in [1.807, 2.05) is 25.2 Å². The normalized spacial score (nSPS) is 15.0. The minimum absolute atomic E-state index is 0.0947. The summed E-state index contributed by atoms with van der Waals surface area (Å²) >= 11 is 12.0. The lowest BCUT2D eigenvalue weighted by Gasteiger charge is -2.29. The van der Waals surface area contributed by atoms with Crippen LogP contribution in [-0.4, -0.2) is 20.3 Å². The number of methoxy groups -OCH3 is 1. The van der Waals surface area contributed by atoms with Gasteiger partial charge in [0, 0.05) is 7.11 Å². The average molecular weight is 276 g/mol. The van der Waals surface area contributed by atoms with Crippen molar-refractivity contribution in [2.45, 2.75) is 26.0 Å². The molecule has 1 rings (SSSR count). The Hall–Kier alpha value is -0.280. The van der Waals surface area contributed by atoms with E-state index in [1.165, 1.54) is 0 Å². The summed E-state index contributed by atoms with van der Waals surface area (Å²) in [6.45, 7) is 4.27. The van der Waals surface area contributed by atoms with Crippen molar-refractivity contribution in [3.8, 4) is 0 Å². The molecule has 0 saturated carbocycles. The Morgan fingerprint density at radius 3 is 2.24 bits per heavy atom. The maximum Gasteiger partial charge on any atom is 0.0788 e. The van der Waals surface area contributed by atoms with Crippen LogP contribution in [0.15, 0.2) is 18.2 Å². The van der Waals surface area contributed by atoms with E-state index in [4.69, 9.17) is 27.9 Å². The van der Waals surface area contributed by atoms with Gasteiger partial charge >= 0.3 is 0 Å². The van der Waals surface area contributed by atoms with Gasteiger partial charge in [-0.15, -0.1) is 0 Å². The maximum atomic E-state index is 6.04. The molecule has 1 N–H and O–H groups in total. The second kappa shape index (κ2) is 6.60. The molecule has 96 valence electrons. The van der Waals surface area contributed by atoms with E-state index >= 15 is 0 Å². The zero-order chi connectivity index (χ0) is 13.0. The van der Waals surface area contributed by atoms with E-state index in [0.717, 1.165) is 5.56 Å². The van der Waals surface area contributed by atoms with E-state index in [-0.39, 0.29) is 12.1 Å². The molecule has 1 aromatic carbocycles. The van der Waals surface area contributed by atoms with Crippen LogP contribution >= 0.6 is 23.2 Å². The highest BCUT2D eigenvalue weighted by Crippen LogP contribution is 2.29. The van der Waals surface area contributed by atoms with Gasteiger partial charge in [-0.2, -0.15) is 0 Å². The number of ether oxygens (including phenoxy) is 1. The molecule has 1 aromatic rings. The molecule has 17 heavy (non-hydrogen) atoms. The lowest BCUT2D eigenvalue weighted by atomic mass is 9.93. The van der Waals surface area contributed by atoms with Gasteiger partial charge in [0.1, 0.15) is 0 Å². The molecule has 0 radical (unpaired) electrons. The van der Waals surface area contributed by atoms with Crippen molar-refractivity contribution in [3.63, 3.8) is 0 Å². The summed E-state index contributed by atoms with van der Waals surface area (Å²) in [6.07, 6.45) is 0.0947. The van der Waals surface area contributed by atoms with Crippen LogP contribution in [0, 0.1) is 5.92 Å². The monoisotopic (exact) mass is 275 g/mol. The van der Waals surface area contributed by atoms with Gasteiger partial charge in [-0.1, -0.05) is 43.1 Å². The first-order valence-electron chi connectivity index (χ1n) is 5.66. The van der Waals surface area contributed by atoms with Crippen LogP contribution in [0.2, 0.25) is 10.0 Å². The number of hydrogen-bond donors (Lipinski definition) is 1. The van der Waals surface area contributed by atoms with Gasteiger partial charge in [0.05, 0.1) is 22.2 Å². The van der Waals surface area contributed by atoms with Crippen LogP contribution in [0.3, 0.4) is 0 Å². The van der Waals surface area contributed by atoms with E-state index in [1.54, 1.807) is 7.11 Å². The Balaban J connectivity index is 3.03. The fourth-order valence-electron chi connectivity index (χ4n) is 2.02. The van der Waals surface area contributed by atoms with Crippen molar-refractivity contribution in [2.75, 3.05) is 14.2 Å². The maximum absolute atomic E-state index is 6.04. The minimum Gasteiger partial charge on any atom is -0.379 e. The van der Waals surface area contributed by atoms with Crippen LogP contribution < -0.4 is 5.32 Å². The van der Waals surface area contributed by atoms with Crippen molar-refractivity contribution < 1.29 is 4.74 Å². The van der Waals surface area contributed by atoms with Gasteiger partial charge in [-0.05, 0) is 30.7 Å². The largest absolute Gasteiger partial charge is 0.379 e. The third-order valence-corrected chi connectivity index (χ3v) is 3.61. The van der Waals surface area contributed by atoms with Gasteiger partial charge in [-0.25, -0.2) is 0 Å². The van der Waals surface area contributed by atoms with Gasteiger partial charge in [0.25, 0.3) is 0 Å². The third kappa shape index (κ3) is 3.59. The highest BCUT2D eigenvalue weighted by Gasteiger charge is 2.24. The highest BCUT2D eigenvalue weighted by molar-refractivity contribution is 6.42. The van der Waals surface area contributed by atoms with Crippen LogP contribution in [0.25, 0.3) is 0 Å². The molecule has 0 aliphatic heterocycles. The number of nitrogens with one attached hydrogen (secondary N) is 1. The summed E-state index contributed by atoms with van der Waals surface area (Å²) in [5.41, 5.74) is 1.09. The average Bonchev–Trinajstić information content (AvgIpc) is 2.29. The summed E-state index contributed by atoms with van der Waals surface area (Å²) < 4.78 is 5.55. The Morgan fingerprint density at radius 1 is 1.18 bits per heavy atom. The number of hydrogen-bond acceptors (Lipinski definition) is 2. The number of likely N-dealkylation sites (N-methyl/N-ethyl adjacent to an activating group) is 1. The van der Waals surface area contributed by atoms with Crippen molar-refractivity contribution >= 4 is 23.2 Å². The molecule has 0 aliphatic rings. The fraction of sp³-hybridized carbons (Fsp3) is 0.538. The molecule has 2 unspecified atom stereocenters. The van der Waals surface area contributed by atoms with Crippen LogP contribution in [-0.2, 0) is 4.74 Å². The molecule has 0 amide bonds. The first kappa shape index (κ1) is 14.8. The standard InChI is InChI=1S/C13H19Cl2NO/c1-8(2)13(17-4)12(16-3)9-5-6-10(14)11(15)7-9/h5-8,12-13,16H,1-4H3. The predicted octanol–water partition coefficient (Wildman–Crippen LogP) is 3.92. The van der Waals surface area contributed by atoms with Gasteiger partial charge in [-0.3, -0.25) is 0 Å². The van der Waals surface area contributed by atoms with Crippen LogP contribution in [0.1, 0.15) is 25.5 Å². The molecule has 0 fully saturated rings. The van der Waals surface area contributed by atoms with Crippen molar-refractivity contribution in [2.24, 2.45) is 5.92 Å². The SMILES string of the molecule is CNC(c1ccc(Cl)c(Cl)c1)C(OC)C(C)C. The second-order valence-corrected chi connectivity index (χ2v) is 5.20. The lowest BCUT2D eigenvalue weighted by molar-refractivity contribution is 0.0348. The van der Waals surface area contributed by atoms with Gasteiger partial charge in [0.2, 0.25) is 0 Å². The summed E-state index contributed by atoms with van der Waals surface area (Å²) in [6, 6.07) is 5.79. The number of benzene rings is 1. The summed E-state index contributed by atoms with van der Waals surface area (Å²) in [5, 5.41) is 4.42. The Bertz CT molecular complexity index is 368. The predicted molar refractivity (Wildman–Crippen MR) is 73.9 cm³/mol. The lowest BCUT2D eigenvalue weighted by Crippen LogP contribution is -2.34. The number of halogens is 2. The molecule has 0 aliphatic carbocycles.